The third-order valence-electron chi connectivity index (χ3n) is 1.12. The zero-order chi connectivity index (χ0) is 8.59. The first-order valence-corrected chi connectivity index (χ1v) is 4.62. The molecule has 0 spiro atoms. The van der Waals surface area contributed by atoms with E-state index in [1.807, 2.05) is 0 Å². The molecule has 0 amide bonds. The van der Waals surface area contributed by atoms with Crippen molar-refractivity contribution in [2.24, 2.45) is 0 Å². The first kappa shape index (κ1) is 9.87. The van der Waals surface area contributed by atoms with Crippen molar-refractivity contribution in [3.05, 3.63) is 21.1 Å². The van der Waals surface area contributed by atoms with Crippen molar-refractivity contribution in [3.63, 3.8) is 0 Å². The lowest BCUT2D eigenvalue weighted by molar-refractivity contribution is 1.27. The van der Waals surface area contributed by atoms with Gasteiger partial charge in [-0.2, -0.15) is 0 Å². The third kappa shape index (κ3) is 1.93. The summed E-state index contributed by atoms with van der Waals surface area (Å²) < 4.78 is 0. The Hall–Kier alpha value is 0.790. The van der Waals surface area contributed by atoms with Crippen molar-refractivity contribution < 1.29 is 0 Å². The van der Waals surface area contributed by atoms with Gasteiger partial charge in [0.25, 0.3) is 0 Å². The maximum atomic E-state index is 5.74. The first-order chi connectivity index (χ1) is 5.04. The van der Waals surface area contributed by atoms with Gasteiger partial charge in [-0.25, -0.2) is 0 Å². The molecule has 0 fully saturated rings. The number of thiol groups is 2. The van der Waals surface area contributed by atoms with Crippen LogP contribution in [0.1, 0.15) is 0 Å². The normalized spacial score (nSPS) is 10.3. The monoisotopic (exact) mass is 244 g/mol. The molecule has 1 aromatic carbocycles. The highest BCUT2D eigenvalue weighted by molar-refractivity contribution is 7.83. The lowest BCUT2D eigenvalue weighted by Gasteiger charge is -2.04. The summed E-state index contributed by atoms with van der Waals surface area (Å²) >= 11 is 25.3. The molecule has 0 aliphatic carbocycles. The summed E-state index contributed by atoms with van der Waals surface area (Å²) in [7, 11) is 0. The van der Waals surface area contributed by atoms with Gasteiger partial charge in [-0.1, -0.05) is 34.8 Å². The van der Waals surface area contributed by atoms with Gasteiger partial charge in [0.1, 0.15) is 0 Å². The average molecular weight is 246 g/mol. The van der Waals surface area contributed by atoms with Gasteiger partial charge < -0.3 is 0 Å². The highest BCUT2D eigenvalue weighted by Crippen LogP contribution is 2.37. The van der Waals surface area contributed by atoms with E-state index in [2.05, 4.69) is 25.3 Å². The van der Waals surface area contributed by atoms with E-state index in [4.69, 9.17) is 34.8 Å². The topological polar surface area (TPSA) is 0 Å². The third-order valence-corrected chi connectivity index (χ3v) is 3.56. The number of hydrogen-bond donors (Lipinski definition) is 2. The van der Waals surface area contributed by atoms with Gasteiger partial charge in [-0.05, 0) is 6.07 Å². The van der Waals surface area contributed by atoms with Gasteiger partial charge in [0, 0.05) is 9.79 Å². The fraction of sp³-hybridized carbons (Fsp3) is 0. The van der Waals surface area contributed by atoms with E-state index >= 15 is 0 Å². The van der Waals surface area contributed by atoms with E-state index < -0.39 is 0 Å². The van der Waals surface area contributed by atoms with Crippen LogP contribution in [0.2, 0.25) is 15.1 Å². The van der Waals surface area contributed by atoms with Gasteiger partial charge >= 0.3 is 0 Å². The first-order valence-electron chi connectivity index (χ1n) is 2.59. The molecular weight excluding hydrogens is 243 g/mol. The summed E-state index contributed by atoms with van der Waals surface area (Å²) in [5.74, 6) is 0. The molecule has 60 valence electrons. The van der Waals surface area contributed by atoms with Crippen LogP contribution < -0.4 is 0 Å². The zero-order valence-corrected chi connectivity index (χ0v) is 9.16. The SMILES string of the molecule is Sc1c(Cl)cc(Cl)c(Cl)c1S. The quantitative estimate of drug-likeness (QED) is 0.496. The summed E-state index contributed by atoms with van der Waals surface area (Å²) in [5.41, 5.74) is 0. The second kappa shape index (κ2) is 3.67. The number of rotatable bonds is 0. The molecule has 0 bridgehead atoms. The van der Waals surface area contributed by atoms with Crippen LogP contribution in [0.25, 0.3) is 0 Å². The van der Waals surface area contributed by atoms with Crippen LogP contribution in [0.4, 0.5) is 0 Å². The number of halogens is 3. The van der Waals surface area contributed by atoms with Gasteiger partial charge in [-0.15, -0.1) is 25.3 Å². The molecule has 0 N–H and O–H groups in total. The number of hydrogen-bond acceptors (Lipinski definition) is 2. The minimum atomic E-state index is 0.379. The molecule has 0 radical (unpaired) electrons. The number of benzene rings is 1. The molecule has 0 aliphatic heterocycles. The van der Waals surface area contributed by atoms with Crippen molar-refractivity contribution in [2.75, 3.05) is 0 Å². The molecule has 5 heteroatoms. The van der Waals surface area contributed by atoms with Gasteiger partial charge in [0.05, 0.1) is 15.1 Å². The Morgan fingerprint density at radius 2 is 1.45 bits per heavy atom. The van der Waals surface area contributed by atoms with E-state index in [0.29, 0.717) is 24.9 Å². The van der Waals surface area contributed by atoms with Crippen LogP contribution in [0.5, 0.6) is 0 Å². The zero-order valence-electron chi connectivity index (χ0n) is 5.11. The molecule has 0 aromatic heterocycles. The fourth-order valence-corrected chi connectivity index (χ4v) is 1.80. The molecule has 0 unspecified atom stereocenters. The molecule has 0 saturated carbocycles. The Labute approximate surface area is 90.7 Å². The molecule has 0 saturated heterocycles. The summed E-state index contributed by atoms with van der Waals surface area (Å²) in [6, 6.07) is 1.54. The van der Waals surface area contributed by atoms with Gasteiger partial charge in [-0.3, -0.25) is 0 Å². The smallest absolute Gasteiger partial charge is 0.0737 e. The highest BCUT2D eigenvalue weighted by atomic mass is 35.5. The van der Waals surface area contributed by atoms with E-state index in [1.54, 1.807) is 0 Å². The molecule has 11 heavy (non-hydrogen) atoms. The van der Waals surface area contributed by atoms with Crippen molar-refractivity contribution in [3.8, 4) is 0 Å². The second-order valence-electron chi connectivity index (χ2n) is 1.85. The summed E-state index contributed by atoms with van der Waals surface area (Å²) in [6.45, 7) is 0. The minimum absolute atomic E-state index is 0.379. The molecule has 0 heterocycles. The molecule has 0 nitrogen and oxygen atoms in total. The predicted octanol–water partition coefficient (Wildman–Crippen LogP) is 4.22. The average Bonchev–Trinajstić information content (AvgIpc) is 1.97. The van der Waals surface area contributed by atoms with Gasteiger partial charge in [0.15, 0.2) is 0 Å². The van der Waals surface area contributed by atoms with Crippen LogP contribution in [-0.4, -0.2) is 0 Å². The lowest BCUT2D eigenvalue weighted by atomic mass is 10.3. The van der Waals surface area contributed by atoms with E-state index in [0.717, 1.165) is 0 Å². The molecular formula is C6H3Cl3S2. The maximum absolute atomic E-state index is 5.74. The van der Waals surface area contributed by atoms with Crippen LogP contribution in [0.3, 0.4) is 0 Å². The van der Waals surface area contributed by atoms with E-state index in [9.17, 15) is 0 Å². The standard InChI is InChI=1S/C6H3Cl3S2/c7-2-1-3(8)5(10)6(11)4(2)9/h1,10-11H. The summed E-state index contributed by atoms with van der Waals surface area (Å²) in [4.78, 5) is 1.05. The Kier molecular flexibility index (Phi) is 3.29. The summed E-state index contributed by atoms with van der Waals surface area (Å²) in [6.07, 6.45) is 0. The summed E-state index contributed by atoms with van der Waals surface area (Å²) in [5, 5.41) is 1.22. The Bertz CT molecular complexity index is 272. The van der Waals surface area contributed by atoms with E-state index in [-0.39, 0.29) is 0 Å². The van der Waals surface area contributed by atoms with Crippen LogP contribution >= 0.6 is 60.1 Å². The Morgan fingerprint density at radius 1 is 0.909 bits per heavy atom. The molecule has 0 aliphatic rings. The van der Waals surface area contributed by atoms with Crippen LogP contribution in [-0.2, 0) is 0 Å². The van der Waals surface area contributed by atoms with E-state index in [1.165, 1.54) is 6.07 Å². The molecule has 1 aromatic rings. The molecule has 0 atom stereocenters. The van der Waals surface area contributed by atoms with Crippen molar-refractivity contribution in [1.29, 1.82) is 0 Å². The van der Waals surface area contributed by atoms with Crippen molar-refractivity contribution in [2.45, 2.75) is 9.79 Å². The predicted molar refractivity (Wildman–Crippen MR) is 56.0 cm³/mol. The van der Waals surface area contributed by atoms with Crippen molar-refractivity contribution in [1.82, 2.24) is 0 Å². The largest absolute Gasteiger partial charge is 0.141 e. The molecule has 1 rings (SSSR count). The highest BCUT2D eigenvalue weighted by Gasteiger charge is 2.08. The fourth-order valence-electron chi connectivity index (χ4n) is 0.573. The Balaban J connectivity index is 3.46. The minimum Gasteiger partial charge on any atom is -0.141 e. The van der Waals surface area contributed by atoms with Gasteiger partial charge in [0.2, 0.25) is 0 Å². The van der Waals surface area contributed by atoms with Crippen molar-refractivity contribution >= 4 is 60.1 Å². The Morgan fingerprint density at radius 3 is 2.00 bits per heavy atom. The maximum Gasteiger partial charge on any atom is 0.0737 e. The van der Waals surface area contributed by atoms with Crippen LogP contribution in [0, 0.1) is 0 Å². The lowest BCUT2D eigenvalue weighted by Crippen LogP contribution is -1.77. The second-order valence-corrected chi connectivity index (χ2v) is 3.94. The van der Waals surface area contributed by atoms with Crippen LogP contribution in [0.15, 0.2) is 15.9 Å².